The molecule has 0 saturated heterocycles. The Morgan fingerprint density at radius 1 is 1.35 bits per heavy atom. The molecule has 0 aromatic carbocycles. The van der Waals surface area contributed by atoms with Crippen molar-refractivity contribution in [2.75, 3.05) is 19.5 Å². The van der Waals surface area contributed by atoms with Crippen LogP contribution < -0.4 is 0 Å². The maximum Gasteiger partial charge on any atom is 0.327 e. The molecule has 0 aliphatic rings. The largest absolute Gasteiger partial charge is 0.465 e. The number of thioether (sulfide) groups is 1. The van der Waals surface area contributed by atoms with Crippen molar-refractivity contribution in [2.45, 2.75) is 31.3 Å². The lowest BCUT2D eigenvalue weighted by Gasteiger charge is -2.25. The second kappa shape index (κ2) is 8.35. The molecule has 1 aromatic heterocycles. The molecule has 0 radical (unpaired) electrons. The maximum absolute atomic E-state index is 12.4. The third-order valence-electron chi connectivity index (χ3n) is 2.97. The summed E-state index contributed by atoms with van der Waals surface area (Å²) in [4.78, 5) is 35.5. The van der Waals surface area contributed by atoms with Crippen LogP contribution in [0.15, 0.2) is 16.5 Å². The van der Waals surface area contributed by atoms with Crippen LogP contribution in [0.1, 0.15) is 26.3 Å². The fourth-order valence-electron chi connectivity index (χ4n) is 1.78. The van der Waals surface area contributed by atoms with Gasteiger partial charge in [0, 0.05) is 16.7 Å². The van der Waals surface area contributed by atoms with Gasteiger partial charge in [-0.2, -0.15) is 0 Å². The zero-order valence-corrected chi connectivity index (χ0v) is 14.1. The first-order valence-electron chi connectivity index (χ1n) is 6.76. The van der Waals surface area contributed by atoms with Gasteiger partial charge in [0.1, 0.15) is 5.82 Å². The molecule has 0 spiro atoms. The Labute approximate surface area is 137 Å². The summed E-state index contributed by atoms with van der Waals surface area (Å²) >= 11 is 1.23. The Morgan fingerprint density at radius 3 is 2.35 bits per heavy atom. The molecule has 0 atom stereocenters. The van der Waals surface area contributed by atoms with E-state index in [-0.39, 0.29) is 24.6 Å². The van der Waals surface area contributed by atoms with Gasteiger partial charge in [0.2, 0.25) is 0 Å². The lowest BCUT2D eigenvalue weighted by molar-refractivity contribution is -0.163. The Morgan fingerprint density at radius 2 is 1.91 bits per heavy atom. The van der Waals surface area contributed by atoms with E-state index < -0.39 is 17.4 Å². The van der Waals surface area contributed by atoms with E-state index in [0.29, 0.717) is 5.16 Å². The molecule has 1 aromatic rings. The van der Waals surface area contributed by atoms with Crippen molar-refractivity contribution in [3.05, 3.63) is 22.2 Å². The number of nitrogens with zero attached hydrogens (tertiary/aromatic N) is 5. The molecule has 0 bridgehead atoms. The summed E-state index contributed by atoms with van der Waals surface area (Å²) in [6, 6.07) is 0. The van der Waals surface area contributed by atoms with E-state index in [1.807, 2.05) is 0 Å². The minimum absolute atomic E-state index is 0.0324. The molecule has 0 unspecified atom stereocenters. The van der Waals surface area contributed by atoms with Gasteiger partial charge in [0.25, 0.3) is 0 Å². The summed E-state index contributed by atoms with van der Waals surface area (Å²) < 4.78 is 9.97. The van der Waals surface area contributed by atoms with E-state index in [1.165, 1.54) is 24.9 Å². The summed E-state index contributed by atoms with van der Waals surface area (Å²) in [7, 11) is 0. The fourth-order valence-corrected chi connectivity index (χ4v) is 2.12. The highest BCUT2D eigenvalue weighted by Gasteiger charge is 2.48. The predicted molar refractivity (Wildman–Crippen MR) is 83.2 cm³/mol. The van der Waals surface area contributed by atoms with Gasteiger partial charge in [-0.3, -0.25) is 9.59 Å². The normalized spacial score (nSPS) is 10.6. The van der Waals surface area contributed by atoms with Gasteiger partial charge in [-0.1, -0.05) is 11.8 Å². The van der Waals surface area contributed by atoms with Gasteiger partial charge in [0.05, 0.1) is 13.2 Å². The summed E-state index contributed by atoms with van der Waals surface area (Å²) in [5.41, 5.74) is 6.92. The monoisotopic (exact) mass is 339 g/mol. The summed E-state index contributed by atoms with van der Waals surface area (Å²) in [6.45, 7) is 4.72. The van der Waals surface area contributed by atoms with Crippen LogP contribution in [-0.2, 0) is 24.5 Å². The van der Waals surface area contributed by atoms with Gasteiger partial charge in [-0.15, -0.1) is 0 Å². The van der Waals surface area contributed by atoms with Crippen molar-refractivity contribution in [3.8, 4) is 0 Å². The van der Waals surface area contributed by atoms with Crippen LogP contribution in [0.25, 0.3) is 10.4 Å². The quantitative estimate of drug-likeness (QED) is 0.142. The molecule has 1 heterocycles. The molecule has 0 amide bonds. The van der Waals surface area contributed by atoms with Crippen LogP contribution in [0.3, 0.4) is 0 Å². The molecule has 0 aliphatic carbocycles. The van der Waals surface area contributed by atoms with Gasteiger partial charge < -0.3 is 9.47 Å². The van der Waals surface area contributed by atoms with Crippen LogP contribution in [-0.4, -0.2) is 41.4 Å². The lowest BCUT2D eigenvalue weighted by Crippen LogP contribution is -2.44. The van der Waals surface area contributed by atoms with Gasteiger partial charge in [-0.05, 0) is 37.7 Å². The molecule has 0 fully saturated rings. The van der Waals surface area contributed by atoms with Crippen molar-refractivity contribution >= 4 is 29.5 Å². The average Bonchev–Trinajstić information content (AvgIpc) is 2.54. The molecule has 0 aliphatic heterocycles. The van der Waals surface area contributed by atoms with Gasteiger partial charge >= 0.3 is 11.9 Å². The molecule has 9 nitrogen and oxygen atoms in total. The van der Waals surface area contributed by atoms with Crippen molar-refractivity contribution in [1.29, 1.82) is 0 Å². The van der Waals surface area contributed by atoms with E-state index in [4.69, 9.17) is 15.0 Å². The van der Waals surface area contributed by atoms with Crippen LogP contribution in [0.4, 0.5) is 5.82 Å². The Balaban J connectivity index is 3.56. The Hall–Kier alpha value is -2.32. The fraction of sp³-hybridized carbons (Fsp3) is 0.538. The number of hydrogen-bond donors (Lipinski definition) is 0. The first-order valence-corrected chi connectivity index (χ1v) is 7.99. The predicted octanol–water partition coefficient (Wildman–Crippen LogP) is 2.52. The Kier molecular flexibility index (Phi) is 6.80. The number of aromatic nitrogens is 2. The van der Waals surface area contributed by atoms with Crippen molar-refractivity contribution in [2.24, 2.45) is 5.11 Å². The third-order valence-corrected chi connectivity index (χ3v) is 3.54. The van der Waals surface area contributed by atoms with E-state index in [1.54, 1.807) is 20.1 Å². The molecule has 23 heavy (non-hydrogen) atoms. The maximum atomic E-state index is 12.4. The van der Waals surface area contributed by atoms with Crippen LogP contribution in [0, 0.1) is 0 Å². The van der Waals surface area contributed by atoms with Crippen LogP contribution in [0.2, 0.25) is 0 Å². The number of carbonyl (C=O) groups is 2. The summed E-state index contributed by atoms with van der Waals surface area (Å²) in [5, 5.41) is 3.81. The van der Waals surface area contributed by atoms with Crippen molar-refractivity contribution in [1.82, 2.24) is 9.97 Å². The van der Waals surface area contributed by atoms with E-state index in [2.05, 4.69) is 20.0 Å². The van der Waals surface area contributed by atoms with E-state index in [9.17, 15) is 9.59 Å². The smallest absolute Gasteiger partial charge is 0.327 e. The minimum atomic E-state index is -1.83. The molecule has 10 heteroatoms. The molecular formula is C13H17N5O4S. The molecule has 0 saturated carbocycles. The zero-order chi connectivity index (χ0) is 17.5. The molecular weight excluding hydrogens is 322 g/mol. The van der Waals surface area contributed by atoms with Gasteiger partial charge in [0.15, 0.2) is 10.6 Å². The second-order valence-electron chi connectivity index (χ2n) is 4.35. The first-order chi connectivity index (χ1) is 10.9. The summed E-state index contributed by atoms with van der Waals surface area (Å²) in [5.74, 6) is -1.77. The number of carbonyl (C=O) groups excluding carboxylic acids is 2. The lowest BCUT2D eigenvalue weighted by atomic mass is 9.83. The van der Waals surface area contributed by atoms with E-state index >= 15 is 0 Å². The standard InChI is InChI=1S/C13H17N5O4S/c1-5-21-10(19)13(3,11(20)22-6-2)8-7-15-12(23-4)16-9(8)17-18-14/h7H,5-6H2,1-4H3. The minimum Gasteiger partial charge on any atom is -0.465 e. The van der Waals surface area contributed by atoms with Crippen LogP contribution >= 0.6 is 11.8 Å². The van der Waals surface area contributed by atoms with Crippen LogP contribution in [0.5, 0.6) is 0 Å². The molecule has 1 rings (SSSR count). The van der Waals surface area contributed by atoms with Gasteiger partial charge in [-0.25, -0.2) is 9.97 Å². The zero-order valence-electron chi connectivity index (χ0n) is 13.3. The average molecular weight is 339 g/mol. The Bertz CT molecular complexity index is 627. The number of azide groups is 1. The second-order valence-corrected chi connectivity index (χ2v) is 5.12. The highest BCUT2D eigenvalue weighted by Crippen LogP contribution is 2.34. The van der Waals surface area contributed by atoms with Crippen molar-refractivity contribution < 1.29 is 19.1 Å². The number of esters is 2. The third kappa shape index (κ3) is 3.91. The number of rotatable bonds is 7. The number of hydrogen-bond acceptors (Lipinski definition) is 8. The topological polar surface area (TPSA) is 127 Å². The van der Waals surface area contributed by atoms with Crippen molar-refractivity contribution in [3.63, 3.8) is 0 Å². The highest BCUT2D eigenvalue weighted by molar-refractivity contribution is 7.98. The molecule has 0 N–H and O–H groups in total. The first kappa shape index (κ1) is 18.7. The number of ether oxygens (including phenoxy) is 2. The SMILES string of the molecule is CCOC(=O)C(C)(C(=O)OCC)c1cnc(SC)nc1N=[N+]=[N-]. The summed E-state index contributed by atoms with van der Waals surface area (Å²) in [6.07, 6.45) is 3.02. The highest BCUT2D eigenvalue weighted by atomic mass is 32.2. The van der Waals surface area contributed by atoms with E-state index in [0.717, 1.165) is 0 Å². The molecule has 124 valence electrons.